The van der Waals surface area contributed by atoms with Gasteiger partial charge in [0.05, 0.1) is 0 Å². The lowest BCUT2D eigenvalue weighted by molar-refractivity contribution is 0.724. The number of nitrogens with one attached hydrogen (secondary N) is 3. The molecule has 1 aliphatic rings. The first-order chi connectivity index (χ1) is 12.3. The summed E-state index contributed by atoms with van der Waals surface area (Å²) in [5.41, 5.74) is 8.04. The zero-order valence-electron chi connectivity index (χ0n) is 14.1. The summed E-state index contributed by atoms with van der Waals surface area (Å²) in [7, 11) is 0. The van der Waals surface area contributed by atoms with Crippen molar-refractivity contribution in [2.24, 2.45) is 5.73 Å². The van der Waals surface area contributed by atoms with Crippen LogP contribution in [0.2, 0.25) is 0 Å². The lowest BCUT2D eigenvalue weighted by Crippen LogP contribution is -2.29. The fourth-order valence-corrected chi connectivity index (χ4v) is 2.74. The minimum atomic E-state index is 0.686. The molecule has 130 valence electrons. The maximum atomic E-state index is 7.35. The van der Waals surface area contributed by atoms with E-state index in [1.54, 1.807) is 6.20 Å². The normalized spacial score (nSPS) is 15.5. The lowest BCUT2D eigenvalue weighted by Gasteiger charge is -2.20. The van der Waals surface area contributed by atoms with Crippen molar-refractivity contribution >= 4 is 29.2 Å². The second-order valence-electron chi connectivity index (χ2n) is 5.80. The Balaban J connectivity index is 1.72. The number of rotatable bonds is 5. The fourth-order valence-electron chi connectivity index (χ4n) is 2.74. The largest absolute Gasteiger partial charge is 0.404 e. The number of nitrogens with zero attached hydrogens (tertiary/aromatic N) is 3. The molecule has 7 nitrogen and oxygen atoms in total. The summed E-state index contributed by atoms with van der Waals surface area (Å²) in [6, 6.07) is 9.60. The van der Waals surface area contributed by atoms with Crippen molar-refractivity contribution < 1.29 is 0 Å². The summed E-state index contributed by atoms with van der Waals surface area (Å²) >= 11 is 0. The first-order valence-electron chi connectivity index (χ1n) is 8.38. The number of benzene rings is 1. The Morgan fingerprint density at radius 1 is 1.20 bits per heavy atom. The summed E-state index contributed by atoms with van der Waals surface area (Å²) in [6.45, 7) is 3.86. The van der Waals surface area contributed by atoms with E-state index < -0.39 is 0 Å². The first-order valence-corrected chi connectivity index (χ1v) is 8.38. The van der Waals surface area contributed by atoms with Crippen molar-refractivity contribution in [2.45, 2.75) is 6.42 Å². The molecule has 0 radical (unpaired) electrons. The molecule has 1 aliphatic heterocycles. The standard InChI is InChI=1S/C18H23N7/c19-12-15(13-20)14-2-4-16(5-3-14)23-17-6-8-22-18(24-17)25-10-1-7-21-9-11-25/h2-6,8,12-13,19,21H,1,7,9-11,20H2,(H,22,23,24)/b15-13+,19-12?. The van der Waals surface area contributed by atoms with Gasteiger partial charge in [-0.15, -0.1) is 0 Å². The Kier molecular flexibility index (Phi) is 5.58. The van der Waals surface area contributed by atoms with Crippen molar-refractivity contribution in [3.05, 3.63) is 48.3 Å². The molecule has 3 rings (SSSR count). The van der Waals surface area contributed by atoms with Gasteiger partial charge in [0.15, 0.2) is 0 Å². The Bertz CT molecular complexity index is 731. The molecule has 25 heavy (non-hydrogen) atoms. The molecule has 1 fully saturated rings. The van der Waals surface area contributed by atoms with E-state index in [2.05, 4.69) is 25.5 Å². The zero-order chi connectivity index (χ0) is 17.5. The summed E-state index contributed by atoms with van der Waals surface area (Å²) in [5, 5.41) is 14.0. The van der Waals surface area contributed by atoms with Crippen molar-refractivity contribution in [3.8, 4) is 0 Å². The quantitative estimate of drug-likeness (QED) is 0.622. The maximum Gasteiger partial charge on any atom is 0.227 e. The van der Waals surface area contributed by atoms with E-state index >= 15 is 0 Å². The van der Waals surface area contributed by atoms with Crippen LogP contribution in [0.25, 0.3) is 5.57 Å². The van der Waals surface area contributed by atoms with Crippen LogP contribution in [-0.4, -0.2) is 42.4 Å². The number of hydrogen-bond acceptors (Lipinski definition) is 7. The predicted molar refractivity (Wildman–Crippen MR) is 102 cm³/mol. The van der Waals surface area contributed by atoms with Crippen LogP contribution in [0.3, 0.4) is 0 Å². The molecule has 0 saturated carbocycles. The average molecular weight is 337 g/mol. The highest BCUT2D eigenvalue weighted by Gasteiger charge is 2.12. The van der Waals surface area contributed by atoms with Crippen LogP contribution in [0.15, 0.2) is 42.7 Å². The van der Waals surface area contributed by atoms with Gasteiger partial charge in [0.25, 0.3) is 0 Å². The van der Waals surface area contributed by atoms with Crippen LogP contribution >= 0.6 is 0 Å². The average Bonchev–Trinajstić information content (AvgIpc) is 2.94. The third-order valence-electron chi connectivity index (χ3n) is 4.09. The molecule has 0 bridgehead atoms. The summed E-state index contributed by atoms with van der Waals surface area (Å²) in [5.74, 6) is 1.51. The Morgan fingerprint density at radius 3 is 2.80 bits per heavy atom. The van der Waals surface area contributed by atoms with E-state index in [1.807, 2.05) is 30.3 Å². The topological polar surface area (TPSA) is 103 Å². The summed E-state index contributed by atoms with van der Waals surface area (Å²) < 4.78 is 0. The third-order valence-corrected chi connectivity index (χ3v) is 4.09. The highest BCUT2D eigenvalue weighted by molar-refractivity contribution is 6.08. The van der Waals surface area contributed by atoms with Crippen LogP contribution in [0, 0.1) is 5.41 Å². The Morgan fingerprint density at radius 2 is 2.04 bits per heavy atom. The first kappa shape index (κ1) is 16.9. The monoisotopic (exact) mass is 337 g/mol. The third kappa shape index (κ3) is 4.33. The molecule has 0 unspecified atom stereocenters. The van der Waals surface area contributed by atoms with Gasteiger partial charge < -0.3 is 26.7 Å². The molecule has 1 aromatic carbocycles. The number of hydrogen-bond donors (Lipinski definition) is 4. The van der Waals surface area contributed by atoms with Gasteiger partial charge in [-0.3, -0.25) is 0 Å². The van der Waals surface area contributed by atoms with Gasteiger partial charge in [-0.25, -0.2) is 4.98 Å². The Hall–Kier alpha value is -2.93. The Labute approximate surface area is 147 Å². The molecule has 1 saturated heterocycles. The summed E-state index contributed by atoms with van der Waals surface area (Å²) in [4.78, 5) is 11.2. The number of aromatic nitrogens is 2. The van der Waals surface area contributed by atoms with Gasteiger partial charge in [-0.2, -0.15) is 4.98 Å². The van der Waals surface area contributed by atoms with E-state index in [-0.39, 0.29) is 0 Å². The second-order valence-corrected chi connectivity index (χ2v) is 5.80. The van der Waals surface area contributed by atoms with E-state index in [0.717, 1.165) is 55.6 Å². The second kappa shape index (κ2) is 8.25. The van der Waals surface area contributed by atoms with Crippen molar-refractivity contribution in [2.75, 3.05) is 36.4 Å². The van der Waals surface area contributed by atoms with Gasteiger partial charge in [0.2, 0.25) is 5.95 Å². The van der Waals surface area contributed by atoms with Crippen LogP contribution < -0.4 is 21.3 Å². The molecule has 0 spiro atoms. The van der Waals surface area contributed by atoms with Crippen molar-refractivity contribution in [1.82, 2.24) is 15.3 Å². The number of nitrogens with two attached hydrogens (primary N) is 1. The molecule has 2 aromatic rings. The summed E-state index contributed by atoms with van der Waals surface area (Å²) in [6.07, 6.45) is 5.55. The molecule has 1 aromatic heterocycles. The molecule has 7 heteroatoms. The zero-order valence-corrected chi connectivity index (χ0v) is 14.1. The maximum absolute atomic E-state index is 7.35. The number of anilines is 3. The van der Waals surface area contributed by atoms with Crippen molar-refractivity contribution in [3.63, 3.8) is 0 Å². The molecule has 0 atom stereocenters. The highest BCUT2D eigenvalue weighted by atomic mass is 15.3. The smallest absolute Gasteiger partial charge is 0.227 e. The van der Waals surface area contributed by atoms with E-state index in [4.69, 9.17) is 11.1 Å². The van der Waals surface area contributed by atoms with Crippen LogP contribution in [0.4, 0.5) is 17.5 Å². The predicted octanol–water partition coefficient (Wildman–Crippen LogP) is 1.97. The van der Waals surface area contributed by atoms with Crippen LogP contribution in [0.1, 0.15) is 12.0 Å². The molecular formula is C18H23N7. The number of allylic oxidation sites excluding steroid dienone is 1. The van der Waals surface area contributed by atoms with Crippen LogP contribution in [-0.2, 0) is 0 Å². The fraction of sp³-hybridized carbons (Fsp3) is 0.278. The molecule has 2 heterocycles. The molecular weight excluding hydrogens is 314 g/mol. The molecule has 5 N–H and O–H groups in total. The minimum Gasteiger partial charge on any atom is -0.404 e. The molecule has 0 amide bonds. The highest BCUT2D eigenvalue weighted by Crippen LogP contribution is 2.20. The van der Waals surface area contributed by atoms with Gasteiger partial charge in [0.1, 0.15) is 5.82 Å². The van der Waals surface area contributed by atoms with E-state index in [0.29, 0.717) is 5.57 Å². The van der Waals surface area contributed by atoms with E-state index in [1.165, 1.54) is 12.4 Å². The molecule has 0 aliphatic carbocycles. The van der Waals surface area contributed by atoms with Gasteiger partial charge in [-0.1, -0.05) is 12.1 Å². The SMILES string of the molecule is N=C/C(=C\N)c1ccc(Nc2ccnc(N3CCCNCC3)n2)cc1. The minimum absolute atomic E-state index is 0.686. The van der Waals surface area contributed by atoms with Gasteiger partial charge >= 0.3 is 0 Å². The van der Waals surface area contributed by atoms with Gasteiger partial charge in [0, 0.05) is 49.5 Å². The van der Waals surface area contributed by atoms with Crippen LogP contribution in [0.5, 0.6) is 0 Å². The van der Waals surface area contributed by atoms with Gasteiger partial charge in [-0.05, 0) is 36.7 Å². The van der Waals surface area contributed by atoms with E-state index in [9.17, 15) is 0 Å². The van der Waals surface area contributed by atoms with Crippen molar-refractivity contribution in [1.29, 1.82) is 5.41 Å². The lowest BCUT2D eigenvalue weighted by atomic mass is 10.1.